The second kappa shape index (κ2) is 7.49. The number of aromatic nitrogens is 2. The number of nitrogens with one attached hydrogen (secondary N) is 1. The van der Waals surface area contributed by atoms with E-state index in [1.807, 2.05) is 35.7 Å². The van der Waals surface area contributed by atoms with Gasteiger partial charge in [0.15, 0.2) is 5.78 Å². The molecule has 0 saturated heterocycles. The number of carbonyl (C=O) groups excluding carboxylic acids is 2. The predicted octanol–water partition coefficient (Wildman–Crippen LogP) is 3.58. The van der Waals surface area contributed by atoms with Crippen molar-refractivity contribution in [1.29, 1.82) is 0 Å². The molecule has 0 radical (unpaired) electrons. The molecule has 5 nitrogen and oxygen atoms in total. The van der Waals surface area contributed by atoms with Crippen molar-refractivity contribution in [2.45, 2.75) is 26.3 Å². The van der Waals surface area contributed by atoms with Gasteiger partial charge in [-0.05, 0) is 43.3 Å². The van der Waals surface area contributed by atoms with Crippen LogP contribution in [0.15, 0.2) is 48.7 Å². The first-order valence-corrected chi connectivity index (χ1v) is 8.40. The normalized spacial score (nSPS) is 10.8. The van der Waals surface area contributed by atoms with Crippen LogP contribution in [0.4, 0.5) is 0 Å². The number of ketones is 1. The fourth-order valence-electron chi connectivity index (χ4n) is 2.66. The third-order valence-corrected chi connectivity index (χ3v) is 4.28. The molecule has 1 amide bonds. The first-order chi connectivity index (χ1) is 12.0. The molecule has 0 aliphatic carbocycles. The van der Waals surface area contributed by atoms with Crippen LogP contribution in [-0.2, 0) is 11.3 Å². The molecular formula is C19H18ClN3O2. The molecule has 1 N–H and O–H groups in total. The number of hydrogen-bond acceptors (Lipinski definition) is 3. The summed E-state index contributed by atoms with van der Waals surface area (Å²) in [5.41, 5.74) is 3.23. The van der Waals surface area contributed by atoms with Crippen LogP contribution in [0.1, 0.15) is 34.6 Å². The minimum Gasteiger partial charge on any atom is -0.350 e. The molecule has 128 valence electrons. The molecule has 3 aromatic rings. The molecule has 3 rings (SSSR count). The summed E-state index contributed by atoms with van der Waals surface area (Å²) < 4.78 is 1.95. The quantitative estimate of drug-likeness (QED) is 0.687. The highest BCUT2D eigenvalue weighted by molar-refractivity contribution is 6.30. The van der Waals surface area contributed by atoms with E-state index in [1.165, 1.54) is 0 Å². The highest BCUT2D eigenvalue weighted by atomic mass is 35.5. The van der Waals surface area contributed by atoms with Gasteiger partial charge in [-0.3, -0.25) is 9.59 Å². The number of pyridine rings is 1. The van der Waals surface area contributed by atoms with Gasteiger partial charge in [0.2, 0.25) is 5.91 Å². The topological polar surface area (TPSA) is 63.5 Å². The van der Waals surface area contributed by atoms with Gasteiger partial charge in [0.1, 0.15) is 5.65 Å². The van der Waals surface area contributed by atoms with Crippen LogP contribution in [0, 0.1) is 6.92 Å². The van der Waals surface area contributed by atoms with Gasteiger partial charge in [0, 0.05) is 29.6 Å². The SMILES string of the molecule is Cc1nc2ccccn2c1CNC(=O)CCC(=O)c1ccc(Cl)cc1. The lowest BCUT2D eigenvalue weighted by Crippen LogP contribution is -2.24. The Morgan fingerprint density at radius 1 is 1.12 bits per heavy atom. The van der Waals surface area contributed by atoms with E-state index in [9.17, 15) is 9.59 Å². The maximum Gasteiger partial charge on any atom is 0.220 e. The van der Waals surface area contributed by atoms with E-state index in [-0.39, 0.29) is 24.5 Å². The van der Waals surface area contributed by atoms with Crippen LogP contribution >= 0.6 is 11.6 Å². The van der Waals surface area contributed by atoms with Gasteiger partial charge in [0.25, 0.3) is 0 Å². The molecule has 0 fully saturated rings. The molecule has 2 aromatic heterocycles. The van der Waals surface area contributed by atoms with Gasteiger partial charge in [-0.1, -0.05) is 17.7 Å². The van der Waals surface area contributed by atoms with Gasteiger partial charge in [-0.2, -0.15) is 0 Å². The van der Waals surface area contributed by atoms with Crippen molar-refractivity contribution in [3.8, 4) is 0 Å². The highest BCUT2D eigenvalue weighted by Crippen LogP contribution is 2.13. The van der Waals surface area contributed by atoms with Crippen LogP contribution in [-0.4, -0.2) is 21.1 Å². The standard InChI is InChI=1S/C19H18ClN3O2/c1-13-16(23-11-3-2-4-18(23)22-13)12-21-19(25)10-9-17(24)14-5-7-15(20)8-6-14/h2-8,11H,9-10,12H2,1H3,(H,21,25). The highest BCUT2D eigenvalue weighted by Gasteiger charge is 2.12. The van der Waals surface area contributed by atoms with Crippen LogP contribution in [0.25, 0.3) is 5.65 Å². The zero-order chi connectivity index (χ0) is 17.8. The van der Waals surface area contributed by atoms with E-state index >= 15 is 0 Å². The maximum atomic E-state index is 12.1. The molecule has 0 saturated carbocycles. The van der Waals surface area contributed by atoms with Crippen LogP contribution in [0.3, 0.4) is 0 Å². The fraction of sp³-hybridized carbons (Fsp3) is 0.211. The number of fused-ring (bicyclic) bond motifs is 1. The Kier molecular flexibility index (Phi) is 5.14. The largest absolute Gasteiger partial charge is 0.350 e. The number of nitrogens with zero attached hydrogens (tertiary/aromatic N) is 2. The fourth-order valence-corrected chi connectivity index (χ4v) is 2.78. The Hall–Kier alpha value is -2.66. The number of amides is 1. The zero-order valence-electron chi connectivity index (χ0n) is 13.8. The molecule has 0 atom stereocenters. The number of benzene rings is 1. The molecule has 1 aromatic carbocycles. The van der Waals surface area contributed by atoms with Crippen molar-refractivity contribution >= 4 is 28.9 Å². The molecule has 25 heavy (non-hydrogen) atoms. The average Bonchev–Trinajstić information content (AvgIpc) is 2.93. The molecule has 0 unspecified atom stereocenters. The summed E-state index contributed by atoms with van der Waals surface area (Å²) in [6.07, 6.45) is 2.23. The predicted molar refractivity (Wildman–Crippen MR) is 96.8 cm³/mol. The van der Waals surface area contributed by atoms with E-state index < -0.39 is 0 Å². The summed E-state index contributed by atoms with van der Waals surface area (Å²) in [5, 5.41) is 3.44. The van der Waals surface area contributed by atoms with Gasteiger partial charge in [-0.15, -0.1) is 0 Å². The lowest BCUT2D eigenvalue weighted by atomic mass is 10.1. The molecule has 0 bridgehead atoms. The Balaban J connectivity index is 1.55. The number of hydrogen-bond donors (Lipinski definition) is 1. The van der Waals surface area contributed by atoms with Crippen LogP contribution in [0.2, 0.25) is 5.02 Å². The van der Waals surface area contributed by atoms with Crippen molar-refractivity contribution in [1.82, 2.24) is 14.7 Å². The van der Waals surface area contributed by atoms with Crippen molar-refractivity contribution in [3.05, 3.63) is 70.6 Å². The summed E-state index contributed by atoms with van der Waals surface area (Å²) in [5.74, 6) is -0.231. The Morgan fingerprint density at radius 2 is 1.88 bits per heavy atom. The maximum absolute atomic E-state index is 12.1. The Labute approximate surface area is 150 Å². The first-order valence-electron chi connectivity index (χ1n) is 8.02. The molecule has 2 heterocycles. The van der Waals surface area contributed by atoms with E-state index in [0.29, 0.717) is 17.1 Å². The van der Waals surface area contributed by atoms with E-state index in [4.69, 9.17) is 11.6 Å². The Bertz CT molecular complexity index is 916. The number of Topliss-reactive ketones (excluding diaryl/α,β-unsaturated/α-hetero) is 1. The second-order valence-electron chi connectivity index (χ2n) is 5.78. The van der Waals surface area contributed by atoms with E-state index in [0.717, 1.165) is 17.0 Å². The van der Waals surface area contributed by atoms with Gasteiger partial charge < -0.3 is 9.72 Å². The van der Waals surface area contributed by atoms with Crippen molar-refractivity contribution in [3.63, 3.8) is 0 Å². The van der Waals surface area contributed by atoms with Crippen molar-refractivity contribution < 1.29 is 9.59 Å². The molecular weight excluding hydrogens is 338 g/mol. The monoisotopic (exact) mass is 355 g/mol. The second-order valence-corrected chi connectivity index (χ2v) is 6.22. The molecule has 0 aliphatic rings. The summed E-state index contributed by atoms with van der Waals surface area (Å²) in [6, 6.07) is 12.4. The smallest absolute Gasteiger partial charge is 0.220 e. The third kappa shape index (κ3) is 4.06. The lowest BCUT2D eigenvalue weighted by molar-refractivity contribution is -0.121. The first kappa shape index (κ1) is 17.2. The van der Waals surface area contributed by atoms with E-state index in [1.54, 1.807) is 24.3 Å². The molecule has 6 heteroatoms. The average molecular weight is 356 g/mol. The minimum absolute atomic E-state index is 0.0715. The number of carbonyl (C=O) groups is 2. The summed E-state index contributed by atoms with van der Waals surface area (Å²) in [6.45, 7) is 2.30. The Morgan fingerprint density at radius 3 is 2.64 bits per heavy atom. The third-order valence-electron chi connectivity index (χ3n) is 4.03. The van der Waals surface area contributed by atoms with Gasteiger partial charge in [-0.25, -0.2) is 4.98 Å². The summed E-state index contributed by atoms with van der Waals surface area (Å²) >= 11 is 5.81. The minimum atomic E-state index is -0.160. The van der Waals surface area contributed by atoms with Crippen LogP contribution < -0.4 is 5.32 Å². The lowest BCUT2D eigenvalue weighted by Gasteiger charge is -2.06. The molecule has 0 spiro atoms. The van der Waals surface area contributed by atoms with Crippen LogP contribution in [0.5, 0.6) is 0 Å². The van der Waals surface area contributed by atoms with Crippen molar-refractivity contribution in [2.24, 2.45) is 0 Å². The molecule has 0 aliphatic heterocycles. The number of rotatable bonds is 6. The number of aryl methyl sites for hydroxylation is 1. The zero-order valence-corrected chi connectivity index (χ0v) is 14.6. The van der Waals surface area contributed by atoms with Crippen molar-refractivity contribution in [2.75, 3.05) is 0 Å². The summed E-state index contributed by atoms with van der Waals surface area (Å²) in [4.78, 5) is 28.6. The number of imidazole rings is 1. The number of halogens is 1. The van der Waals surface area contributed by atoms with Gasteiger partial charge >= 0.3 is 0 Å². The van der Waals surface area contributed by atoms with Gasteiger partial charge in [0.05, 0.1) is 17.9 Å². The van der Waals surface area contributed by atoms with E-state index in [2.05, 4.69) is 10.3 Å². The summed E-state index contributed by atoms with van der Waals surface area (Å²) in [7, 11) is 0.